The lowest BCUT2D eigenvalue weighted by Crippen LogP contribution is -2.59. The van der Waals surface area contributed by atoms with Crippen molar-refractivity contribution in [1.82, 2.24) is 0 Å². The third-order valence-electron chi connectivity index (χ3n) is 6.44. The second kappa shape index (κ2) is 8.68. The maximum absolute atomic E-state index is 13.0. The van der Waals surface area contributed by atoms with Gasteiger partial charge in [-0.25, -0.2) is 9.78 Å². The van der Waals surface area contributed by atoms with E-state index in [4.69, 9.17) is 19.2 Å². The van der Waals surface area contributed by atoms with Gasteiger partial charge in [0.1, 0.15) is 23.4 Å². The Morgan fingerprint density at radius 3 is 1.34 bits per heavy atom. The van der Waals surface area contributed by atoms with E-state index in [-0.39, 0.29) is 11.9 Å². The first-order valence-corrected chi connectivity index (χ1v) is 11.1. The quantitative estimate of drug-likeness (QED) is 0.482. The standard InChI is InChI=1S/C26H30O6/c1-25(2,17-11-7-5-8-12-17)29-23(27)19-15-16-20(22-21(19)31-32-22)24(28)30-26(3,4)18-13-9-6-10-14-18/h5-14,19-22H,15-16H2,1-4H3. The summed E-state index contributed by atoms with van der Waals surface area (Å²) in [5, 5.41) is 0. The van der Waals surface area contributed by atoms with Gasteiger partial charge in [0.05, 0.1) is 11.8 Å². The number of ether oxygens (including phenoxy) is 2. The molecule has 0 aromatic heterocycles. The van der Waals surface area contributed by atoms with Crippen molar-refractivity contribution in [2.45, 2.75) is 63.9 Å². The first-order valence-electron chi connectivity index (χ1n) is 11.1. The van der Waals surface area contributed by atoms with Gasteiger partial charge in [0.15, 0.2) is 0 Å². The van der Waals surface area contributed by atoms with Gasteiger partial charge in [0.2, 0.25) is 0 Å². The van der Waals surface area contributed by atoms with Crippen LogP contribution in [0.1, 0.15) is 51.7 Å². The Labute approximate surface area is 188 Å². The van der Waals surface area contributed by atoms with Crippen molar-refractivity contribution in [2.75, 3.05) is 0 Å². The fraction of sp³-hybridized carbons (Fsp3) is 0.462. The van der Waals surface area contributed by atoms with Crippen molar-refractivity contribution in [3.05, 3.63) is 71.8 Å². The van der Waals surface area contributed by atoms with Crippen molar-refractivity contribution in [3.8, 4) is 0 Å². The third-order valence-corrected chi connectivity index (χ3v) is 6.44. The Kier molecular flexibility index (Phi) is 6.10. The van der Waals surface area contributed by atoms with E-state index in [0.717, 1.165) is 11.1 Å². The molecule has 1 aliphatic heterocycles. The van der Waals surface area contributed by atoms with E-state index in [0.29, 0.717) is 12.8 Å². The molecule has 2 aromatic rings. The fourth-order valence-corrected chi connectivity index (χ4v) is 4.42. The molecule has 2 fully saturated rings. The first kappa shape index (κ1) is 22.5. The van der Waals surface area contributed by atoms with Crippen LogP contribution < -0.4 is 0 Å². The van der Waals surface area contributed by atoms with E-state index in [2.05, 4.69) is 0 Å². The van der Waals surface area contributed by atoms with E-state index < -0.39 is 35.2 Å². The summed E-state index contributed by atoms with van der Waals surface area (Å²) in [6.07, 6.45) is -0.0834. The van der Waals surface area contributed by atoms with E-state index in [1.54, 1.807) is 0 Å². The fourth-order valence-electron chi connectivity index (χ4n) is 4.42. The zero-order valence-electron chi connectivity index (χ0n) is 18.9. The minimum atomic E-state index is -0.770. The van der Waals surface area contributed by atoms with Crippen LogP contribution in [0.4, 0.5) is 0 Å². The Morgan fingerprint density at radius 1 is 0.688 bits per heavy atom. The first-order chi connectivity index (χ1) is 15.2. The zero-order valence-corrected chi connectivity index (χ0v) is 18.9. The van der Waals surface area contributed by atoms with Gasteiger partial charge in [-0.1, -0.05) is 60.7 Å². The number of carbonyl (C=O) groups is 2. The molecule has 32 heavy (non-hydrogen) atoms. The maximum Gasteiger partial charge on any atom is 0.312 e. The summed E-state index contributed by atoms with van der Waals surface area (Å²) in [6, 6.07) is 19.2. The van der Waals surface area contributed by atoms with E-state index in [1.165, 1.54) is 0 Å². The topological polar surface area (TPSA) is 71.1 Å². The SMILES string of the molecule is CC(C)(OC(=O)C1CCC(C(=O)OC(C)(C)c2ccccc2)C2OOC12)c1ccccc1. The highest BCUT2D eigenvalue weighted by Crippen LogP contribution is 2.42. The van der Waals surface area contributed by atoms with Gasteiger partial charge < -0.3 is 9.47 Å². The molecule has 1 aliphatic carbocycles. The van der Waals surface area contributed by atoms with Gasteiger partial charge in [-0.05, 0) is 51.7 Å². The molecule has 0 N–H and O–H groups in total. The molecular formula is C26H30O6. The van der Waals surface area contributed by atoms with Gasteiger partial charge in [0.25, 0.3) is 0 Å². The Bertz CT molecular complexity index is 873. The van der Waals surface area contributed by atoms with Crippen LogP contribution in [-0.2, 0) is 40.0 Å². The molecule has 1 saturated heterocycles. The third kappa shape index (κ3) is 4.43. The molecule has 0 bridgehead atoms. The second-order valence-electron chi connectivity index (χ2n) is 9.51. The Morgan fingerprint density at radius 2 is 1.03 bits per heavy atom. The van der Waals surface area contributed by atoms with Gasteiger partial charge in [0, 0.05) is 0 Å². The summed E-state index contributed by atoms with van der Waals surface area (Å²) in [5.41, 5.74) is 0.286. The van der Waals surface area contributed by atoms with Gasteiger partial charge in [-0.2, -0.15) is 0 Å². The summed E-state index contributed by atoms with van der Waals surface area (Å²) in [6.45, 7) is 7.46. The van der Waals surface area contributed by atoms with Crippen molar-refractivity contribution in [2.24, 2.45) is 11.8 Å². The summed E-state index contributed by atoms with van der Waals surface area (Å²) in [7, 11) is 0. The molecule has 0 amide bonds. The average Bonchev–Trinajstić information content (AvgIpc) is 2.74. The normalized spacial score (nSPS) is 25.2. The van der Waals surface area contributed by atoms with Crippen LogP contribution in [0.5, 0.6) is 0 Å². The summed E-state index contributed by atoms with van der Waals surface area (Å²) >= 11 is 0. The van der Waals surface area contributed by atoms with Gasteiger partial charge in [-0.15, -0.1) is 0 Å². The monoisotopic (exact) mass is 438 g/mol. The van der Waals surface area contributed by atoms with E-state index in [9.17, 15) is 9.59 Å². The largest absolute Gasteiger partial charge is 0.454 e. The molecule has 1 saturated carbocycles. The predicted octanol–water partition coefficient (Wildman–Crippen LogP) is 4.67. The number of esters is 2. The molecule has 0 radical (unpaired) electrons. The lowest BCUT2D eigenvalue weighted by atomic mass is 9.76. The van der Waals surface area contributed by atoms with Crippen LogP contribution in [0.2, 0.25) is 0 Å². The number of carbonyl (C=O) groups excluding carboxylic acids is 2. The number of fused-ring (bicyclic) bond motifs is 1. The Hall–Kier alpha value is -2.70. The van der Waals surface area contributed by atoms with Crippen molar-refractivity contribution in [3.63, 3.8) is 0 Å². The molecular weight excluding hydrogens is 408 g/mol. The molecule has 2 aliphatic rings. The highest BCUT2D eigenvalue weighted by Gasteiger charge is 2.55. The lowest BCUT2D eigenvalue weighted by molar-refractivity contribution is -0.486. The smallest absolute Gasteiger partial charge is 0.312 e. The highest BCUT2D eigenvalue weighted by atomic mass is 17.2. The number of hydrogen-bond acceptors (Lipinski definition) is 6. The minimum Gasteiger partial charge on any atom is -0.454 e. The second-order valence-corrected chi connectivity index (χ2v) is 9.51. The number of benzene rings is 2. The van der Waals surface area contributed by atoms with Gasteiger partial charge in [-0.3, -0.25) is 9.59 Å². The van der Waals surface area contributed by atoms with Crippen LogP contribution in [0.3, 0.4) is 0 Å². The summed E-state index contributed by atoms with van der Waals surface area (Å²) in [4.78, 5) is 36.5. The van der Waals surface area contributed by atoms with Crippen LogP contribution >= 0.6 is 0 Å². The van der Waals surface area contributed by atoms with Crippen molar-refractivity contribution in [1.29, 1.82) is 0 Å². The maximum atomic E-state index is 13.0. The predicted molar refractivity (Wildman–Crippen MR) is 117 cm³/mol. The van der Waals surface area contributed by atoms with Gasteiger partial charge >= 0.3 is 11.9 Å². The van der Waals surface area contributed by atoms with E-state index >= 15 is 0 Å². The number of rotatable bonds is 6. The van der Waals surface area contributed by atoms with Crippen molar-refractivity contribution < 1.29 is 28.8 Å². The molecule has 1 heterocycles. The van der Waals surface area contributed by atoms with Crippen LogP contribution in [0.15, 0.2) is 60.7 Å². The molecule has 4 rings (SSSR count). The molecule has 6 heteroatoms. The van der Waals surface area contributed by atoms with Crippen LogP contribution in [0, 0.1) is 11.8 Å². The molecule has 4 unspecified atom stereocenters. The molecule has 6 nitrogen and oxygen atoms in total. The number of hydrogen-bond donors (Lipinski definition) is 0. The van der Waals surface area contributed by atoms with E-state index in [1.807, 2.05) is 88.4 Å². The van der Waals surface area contributed by atoms with Crippen LogP contribution in [0.25, 0.3) is 0 Å². The highest BCUT2D eigenvalue weighted by molar-refractivity contribution is 5.77. The van der Waals surface area contributed by atoms with Crippen LogP contribution in [-0.4, -0.2) is 24.1 Å². The summed E-state index contributed by atoms with van der Waals surface area (Å²) in [5.74, 6) is -1.65. The zero-order chi connectivity index (χ0) is 22.9. The lowest BCUT2D eigenvalue weighted by Gasteiger charge is -2.46. The average molecular weight is 439 g/mol. The molecule has 4 atom stereocenters. The molecule has 2 aromatic carbocycles. The minimum absolute atomic E-state index is 0.339. The molecule has 0 spiro atoms. The Balaban J connectivity index is 1.40. The molecule has 170 valence electrons. The summed E-state index contributed by atoms with van der Waals surface area (Å²) < 4.78 is 11.7. The van der Waals surface area contributed by atoms with Crippen molar-refractivity contribution >= 4 is 11.9 Å².